The van der Waals surface area contributed by atoms with E-state index in [0.29, 0.717) is 17.4 Å². The van der Waals surface area contributed by atoms with Crippen LogP contribution in [0.4, 0.5) is 0 Å². The normalized spacial score (nSPS) is 12.7. The Balaban J connectivity index is 1.58. The van der Waals surface area contributed by atoms with Crippen LogP contribution in [-0.4, -0.2) is 22.5 Å². The van der Waals surface area contributed by atoms with Crippen LogP contribution >= 0.6 is 11.6 Å². The molecule has 2 aromatic rings. The SMILES string of the molecule is CCCCn1nc(C)c(/C=C/C(=O)NCc2ccc3c(c2)OCO3)c1Cl. The summed E-state index contributed by atoms with van der Waals surface area (Å²) in [5, 5.41) is 7.84. The average molecular weight is 376 g/mol. The lowest BCUT2D eigenvalue weighted by Crippen LogP contribution is -2.20. The zero-order valence-corrected chi connectivity index (χ0v) is 15.7. The quantitative estimate of drug-likeness (QED) is 0.749. The first-order chi connectivity index (χ1) is 12.6. The van der Waals surface area contributed by atoms with Crippen LogP contribution in [0.1, 0.15) is 36.6 Å². The Labute approximate surface area is 157 Å². The Kier molecular flexibility index (Phi) is 5.83. The maximum Gasteiger partial charge on any atom is 0.244 e. The number of carbonyl (C=O) groups is 1. The van der Waals surface area contributed by atoms with Crippen LogP contribution in [0, 0.1) is 6.92 Å². The Bertz CT molecular complexity index is 830. The second-order valence-corrected chi connectivity index (χ2v) is 6.46. The highest BCUT2D eigenvalue weighted by Crippen LogP contribution is 2.32. The molecule has 138 valence electrons. The third-order valence-corrected chi connectivity index (χ3v) is 4.54. The van der Waals surface area contributed by atoms with E-state index in [0.717, 1.165) is 42.0 Å². The molecule has 26 heavy (non-hydrogen) atoms. The minimum Gasteiger partial charge on any atom is -0.454 e. The molecule has 1 aromatic carbocycles. The fourth-order valence-electron chi connectivity index (χ4n) is 2.67. The van der Waals surface area contributed by atoms with E-state index in [1.807, 2.05) is 25.1 Å². The number of carbonyl (C=O) groups excluding carboxylic acids is 1. The molecule has 0 bridgehead atoms. The van der Waals surface area contributed by atoms with Crippen molar-refractivity contribution in [3.8, 4) is 11.5 Å². The van der Waals surface area contributed by atoms with Gasteiger partial charge >= 0.3 is 0 Å². The summed E-state index contributed by atoms with van der Waals surface area (Å²) in [6.45, 7) is 5.43. The number of hydrogen-bond acceptors (Lipinski definition) is 4. The van der Waals surface area contributed by atoms with E-state index in [1.54, 1.807) is 10.8 Å². The fourth-order valence-corrected chi connectivity index (χ4v) is 2.99. The smallest absolute Gasteiger partial charge is 0.244 e. The topological polar surface area (TPSA) is 65.4 Å². The van der Waals surface area contributed by atoms with Crippen LogP contribution in [0.5, 0.6) is 11.5 Å². The van der Waals surface area contributed by atoms with Gasteiger partial charge in [0.2, 0.25) is 12.7 Å². The van der Waals surface area contributed by atoms with Crippen molar-refractivity contribution in [3.05, 3.63) is 46.2 Å². The van der Waals surface area contributed by atoms with E-state index in [9.17, 15) is 4.79 Å². The number of ether oxygens (including phenoxy) is 2. The lowest BCUT2D eigenvalue weighted by Gasteiger charge is -2.04. The molecule has 1 aliphatic heterocycles. The lowest BCUT2D eigenvalue weighted by molar-refractivity contribution is -0.116. The monoisotopic (exact) mass is 375 g/mol. The molecule has 0 fully saturated rings. The lowest BCUT2D eigenvalue weighted by atomic mass is 10.2. The summed E-state index contributed by atoms with van der Waals surface area (Å²) in [6, 6.07) is 5.61. The molecule has 0 saturated heterocycles. The third kappa shape index (κ3) is 4.19. The second kappa shape index (κ2) is 8.27. The van der Waals surface area contributed by atoms with Gasteiger partial charge in [-0.25, -0.2) is 0 Å². The van der Waals surface area contributed by atoms with Crippen molar-refractivity contribution < 1.29 is 14.3 Å². The fraction of sp³-hybridized carbons (Fsp3) is 0.368. The average Bonchev–Trinajstić information content (AvgIpc) is 3.20. The Morgan fingerprint density at radius 2 is 2.19 bits per heavy atom. The number of benzene rings is 1. The van der Waals surface area contributed by atoms with Crippen LogP contribution in [0.25, 0.3) is 6.08 Å². The van der Waals surface area contributed by atoms with Crippen molar-refractivity contribution in [2.75, 3.05) is 6.79 Å². The van der Waals surface area contributed by atoms with Gasteiger partial charge in [0.1, 0.15) is 5.15 Å². The van der Waals surface area contributed by atoms with Crippen LogP contribution < -0.4 is 14.8 Å². The van der Waals surface area contributed by atoms with Crippen molar-refractivity contribution in [1.29, 1.82) is 0 Å². The van der Waals surface area contributed by atoms with Gasteiger partial charge in [-0.15, -0.1) is 0 Å². The molecule has 1 aliphatic rings. The highest BCUT2D eigenvalue weighted by molar-refractivity contribution is 6.31. The molecule has 1 N–H and O–H groups in total. The van der Waals surface area contributed by atoms with Crippen molar-refractivity contribution >= 4 is 23.6 Å². The van der Waals surface area contributed by atoms with Gasteiger partial charge in [-0.1, -0.05) is 31.0 Å². The van der Waals surface area contributed by atoms with E-state index in [2.05, 4.69) is 17.3 Å². The molecule has 2 heterocycles. The summed E-state index contributed by atoms with van der Waals surface area (Å²) in [7, 11) is 0. The minimum absolute atomic E-state index is 0.195. The largest absolute Gasteiger partial charge is 0.454 e. The van der Waals surface area contributed by atoms with Gasteiger partial charge in [-0.05, 0) is 37.1 Å². The highest BCUT2D eigenvalue weighted by atomic mass is 35.5. The van der Waals surface area contributed by atoms with E-state index in [-0.39, 0.29) is 12.7 Å². The number of aromatic nitrogens is 2. The molecule has 6 nitrogen and oxygen atoms in total. The zero-order valence-electron chi connectivity index (χ0n) is 14.9. The predicted octanol–water partition coefficient (Wildman–Crippen LogP) is 3.70. The first kappa shape index (κ1) is 18.3. The summed E-state index contributed by atoms with van der Waals surface area (Å²) >= 11 is 6.37. The first-order valence-electron chi connectivity index (χ1n) is 8.66. The van der Waals surface area contributed by atoms with Gasteiger partial charge in [0.05, 0.1) is 5.69 Å². The van der Waals surface area contributed by atoms with Crippen LogP contribution in [0.2, 0.25) is 5.15 Å². The zero-order chi connectivity index (χ0) is 18.5. The summed E-state index contributed by atoms with van der Waals surface area (Å²) < 4.78 is 12.4. The van der Waals surface area contributed by atoms with Gasteiger partial charge in [0.25, 0.3) is 0 Å². The Morgan fingerprint density at radius 3 is 3.00 bits per heavy atom. The van der Waals surface area contributed by atoms with Gasteiger partial charge in [-0.3, -0.25) is 9.48 Å². The summed E-state index contributed by atoms with van der Waals surface area (Å²) in [6.07, 6.45) is 5.28. The van der Waals surface area contributed by atoms with Gasteiger partial charge in [0, 0.05) is 24.7 Å². The number of hydrogen-bond donors (Lipinski definition) is 1. The maximum atomic E-state index is 12.1. The van der Waals surface area contributed by atoms with Crippen molar-refractivity contribution in [3.63, 3.8) is 0 Å². The number of unbranched alkanes of at least 4 members (excludes halogenated alkanes) is 1. The number of nitrogens with zero attached hydrogens (tertiary/aromatic N) is 2. The molecule has 0 spiro atoms. The van der Waals surface area contributed by atoms with E-state index >= 15 is 0 Å². The second-order valence-electron chi connectivity index (χ2n) is 6.11. The molecule has 0 saturated carbocycles. The van der Waals surface area contributed by atoms with E-state index in [4.69, 9.17) is 21.1 Å². The molecule has 3 rings (SSSR count). The predicted molar refractivity (Wildman–Crippen MR) is 100 cm³/mol. The van der Waals surface area contributed by atoms with Gasteiger partial charge < -0.3 is 14.8 Å². The number of amides is 1. The summed E-state index contributed by atoms with van der Waals surface area (Å²) in [5.74, 6) is 1.24. The van der Waals surface area contributed by atoms with Crippen LogP contribution in [0.15, 0.2) is 24.3 Å². The standard InChI is InChI=1S/C19H22ClN3O3/c1-3-4-9-23-19(20)15(13(2)22-23)6-8-18(24)21-11-14-5-7-16-17(10-14)26-12-25-16/h5-8,10H,3-4,9,11-12H2,1-2H3,(H,21,24)/b8-6+. The van der Waals surface area contributed by atoms with Crippen LogP contribution in [0.3, 0.4) is 0 Å². The molecule has 0 unspecified atom stereocenters. The van der Waals surface area contributed by atoms with Crippen LogP contribution in [-0.2, 0) is 17.9 Å². The highest BCUT2D eigenvalue weighted by Gasteiger charge is 2.13. The third-order valence-electron chi connectivity index (χ3n) is 4.14. The number of halogens is 1. The Hall–Kier alpha value is -2.47. The van der Waals surface area contributed by atoms with Gasteiger partial charge in [0.15, 0.2) is 11.5 Å². The Morgan fingerprint density at radius 1 is 1.38 bits per heavy atom. The molecule has 0 radical (unpaired) electrons. The summed E-state index contributed by atoms with van der Waals surface area (Å²) in [4.78, 5) is 12.1. The molecule has 7 heteroatoms. The van der Waals surface area contributed by atoms with E-state index in [1.165, 1.54) is 6.08 Å². The number of fused-ring (bicyclic) bond motifs is 1. The number of aryl methyl sites for hydroxylation is 2. The number of nitrogens with one attached hydrogen (secondary N) is 1. The minimum atomic E-state index is -0.195. The number of rotatable bonds is 7. The summed E-state index contributed by atoms with van der Waals surface area (Å²) in [5.41, 5.74) is 2.53. The van der Waals surface area contributed by atoms with Crippen molar-refractivity contribution in [2.45, 2.75) is 39.8 Å². The maximum absolute atomic E-state index is 12.1. The molecule has 1 aromatic heterocycles. The molecule has 1 amide bonds. The van der Waals surface area contributed by atoms with Crippen molar-refractivity contribution in [1.82, 2.24) is 15.1 Å². The van der Waals surface area contributed by atoms with E-state index < -0.39 is 0 Å². The molecule has 0 aliphatic carbocycles. The molecule has 0 atom stereocenters. The molecular formula is C19H22ClN3O3. The molecular weight excluding hydrogens is 354 g/mol. The van der Waals surface area contributed by atoms with Crippen molar-refractivity contribution in [2.24, 2.45) is 0 Å². The first-order valence-corrected chi connectivity index (χ1v) is 9.03. The van der Waals surface area contributed by atoms with Gasteiger partial charge in [-0.2, -0.15) is 5.10 Å².